The summed E-state index contributed by atoms with van der Waals surface area (Å²) in [6, 6.07) is 18.3. The van der Waals surface area contributed by atoms with E-state index in [-0.39, 0.29) is 5.91 Å². The molecule has 0 aliphatic carbocycles. The summed E-state index contributed by atoms with van der Waals surface area (Å²) in [5.74, 6) is 0.319. The predicted octanol–water partition coefficient (Wildman–Crippen LogP) is 4.72. The lowest BCUT2D eigenvalue weighted by Gasteiger charge is -2.05. The minimum atomic E-state index is -0.0264. The molecule has 0 fully saturated rings. The first-order valence-electron chi connectivity index (χ1n) is 7.69. The van der Waals surface area contributed by atoms with E-state index in [0.29, 0.717) is 18.8 Å². The molecule has 1 aromatic heterocycles. The van der Waals surface area contributed by atoms with Gasteiger partial charge in [0.1, 0.15) is 5.01 Å². The molecule has 5 heteroatoms. The van der Waals surface area contributed by atoms with Gasteiger partial charge in [-0.1, -0.05) is 54.6 Å². The molecular weight excluding hydrogens is 340 g/mol. The van der Waals surface area contributed by atoms with Crippen molar-refractivity contribution < 1.29 is 4.79 Å². The fourth-order valence-corrected chi connectivity index (χ4v) is 3.29. The number of carbonyl (C=O) groups excluding carboxylic acids is 1. The molecule has 3 rings (SSSR count). The van der Waals surface area contributed by atoms with Gasteiger partial charge in [-0.3, -0.25) is 4.79 Å². The molecule has 3 nitrogen and oxygen atoms in total. The number of aromatic nitrogens is 1. The van der Waals surface area contributed by atoms with Crippen LogP contribution in [0.2, 0.25) is 0 Å². The van der Waals surface area contributed by atoms with Crippen molar-refractivity contribution in [1.29, 1.82) is 0 Å². The zero-order valence-corrected chi connectivity index (χ0v) is 14.6. The molecule has 1 N–H and O–H groups in total. The average molecular weight is 357 g/mol. The maximum Gasteiger partial charge on any atom is 0.221 e. The second-order valence-corrected chi connectivity index (χ2v) is 6.55. The van der Waals surface area contributed by atoms with Gasteiger partial charge >= 0.3 is 0 Å². The molecular formula is C19H17ClN2OS. The van der Waals surface area contributed by atoms with Crippen molar-refractivity contribution in [2.24, 2.45) is 0 Å². The third-order valence-corrected chi connectivity index (χ3v) is 4.67. The fourth-order valence-electron chi connectivity index (χ4n) is 2.29. The van der Waals surface area contributed by atoms with Gasteiger partial charge in [-0.15, -0.1) is 22.9 Å². The fraction of sp³-hybridized carbons (Fsp3) is 0.158. The quantitative estimate of drug-likeness (QED) is 0.649. The predicted molar refractivity (Wildman–Crippen MR) is 100 cm³/mol. The van der Waals surface area contributed by atoms with Gasteiger partial charge in [-0.2, -0.15) is 0 Å². The second kappa shape index (κ2) is 8.08. The molecule has 1 heterocycles. The normalized spacial score (nSPS) is 10.5. The maximum absolute atomic E-state index is 11.4. The smallest absolute Gasteiger partial charge is 0.221 e. The van der Waals surface area contributed by atoms with Crippen LogP contribution in [-0.4, -0.2) is 16.8 Å². The highest BCUT2D eigenvalue weighted by molar-refractivity contribution is 7.13. The summed E-state index contributed by atoms with van der Waals surface area (Å²) < 4.78 is 0. The number of nitrogens with zero attached hydrogens (tertiary/aromatic N) is 1. The van der Waals surface area contributed by atoms with Crippen LogP contribution in [0.15, 0.2) is 60.0 Å². The summed E-state index contributed by atoms with van der Waals surface area (Å²) in [6.07, 6.45) is 0.348. The first-order valence-corrected chi connectivity index (χ1v) is 9.10. The molecule has 1 amide bonds. The largest absolute Gasteiger partial charge is 0.352 e. The molecule has 24 heavy (non-hydrogen) atoms. The zero-order chi connectivity index (χ0) is 16.8. The van der Waals surface area contributed by atoms with Crippen molar-refractivity contribution in [3.05, 3.63) is 65.5 Å². The van der Waals surface area contributed by atoms with Gasteiger partial charge < -0.3 is 5.32 Å². The summed E-state index contributed by atoms with van der Waals surface area (Å²) in [5.41, 5.74) is 4.26. The Hall–Kier alpha value is -2.17. The number of amides is 1. The molecule has 0 saturated carbocycles. The molecule has 3 aromatic rings. The summed E-state index contributed by atoms with van der Waals surface area (Å²) in [7, 11) is 0. The third kappa shape index (κ3) is 4.22. The maximum atomic E-state index is 11.4. The van der Waals surface area contributed by atoms with Crippen molar-refractivity contribution in [1.82, 2.24) is 10.3 Å². The van der Waals surface area contributed by atoms with Crippen LogP contribution in [0.3, 0.4) is 0 Å². The minimum absolute atomic E-state index is 0.0264. The highest BCUT2D eigenvalue weighted by atomic mass is 35.5. The van der Waals surface area contributed by atoms with Gasteiger partial charge in [0.25, 0.3) is 0 Å². The molecule has 0 bridgehead atoms. The first-order chi connectivity index (χ1) is 11.8. The topological polar surface area (TPSA) is 42.0 Å². The highest BCUT2D eigenvalue weighted by Crippen LogP contribution is 2.28. The van der Waals surface area contributed by atoms with Crippen molar-refractivity contribution in [3.63, 3.8) is 0 Å². The van der Waals surface area contributed by atoms with Crippen LogP contribution in [0.4, 0.5) is 0 Å². The Morgan fingerprint density at radius 1 is 1.04 bits per heavy atom. The number of hydrogen-bond acceptors (Lipinski definition) is 3. The number of alkyl halides is 1. The van der Waals surface area contributed by atoms with E-state index in [0.717, 1.165) is 27.4 Å². The molecule has 2 aromatic carbocycles. The lowest BCUT2D eigenvalue weighted by atomic mass is 10.1. The van der Waals surface area contributed by atoms with E-state index in [4.69, 9.17) is 16.6 Å². The Labute approximate surface area is 150 Å². The molecule has 0 unspecified atom stereocenters. The van der Waals surface area contributed by atoms with Gasteiger partial charge in [0, 0.05) is 35.4 Å². The van der Waals surface area contributed by atoms with Crippen molar-refractivity contribution in [3.8, 4) is 21.8 Å². The Morgan fingerprint density at radius 2 is 1.79 bits per heavy atom. The molecule has 0 radical (unpaired) electrons. The average Bonchev–Trinajstić information content (AvgIpc) is 3.12. The van der Waals surface area contributed by atoms with Gasteiger partial charge in [0.15, 0.2) is 0 Å². The number of nitrogens with one attached hydrogen (secondary N) is 1. The van der Waals surface area contributed by atoms with E-state index in [9.17, 15) is 4.79 Å². The zero-order valence-electron chi connectivity index (χ0n) is 13.0. The summed E-state index contributed by atoms with van der Waals surface area (Å²) in [6.45, 7) is 0.517. The molecule has 0 aliphatic rings. The molecule has 122 valence electrons. The summed E-state index contributed by atoms with van der Waals surface area (Å²) in [5, 5.41) is 5.91. The first kappa shape index (κ1) is 16.7. The van der Waals surface area contributed by atoms with Crippen LogP contribution < -0.4 is 5.32 Å². The highest BCUT2D eigenvalue weighted by Gasteiger charge is 2.07. The van der Waals surface area contributed by atoms with Crippen LogP contribution in [0, 0.1) is 0 Å². The van der Waals surface area contributed by atoms with E-state index in [1.807, 2.05) is 42.5 Å². The van der Waals surface area contributed by atoms with E-state index >= 15 is 0 Å². The number of benzene rings is 2. The van der Waals surface area contributed by atoms with Gasteiger partial charge in [-0.05, 0) is 5.56 Å². The van der Waals surface area contributed by atoms with Crippen LogP contribution in [0.1, 0.15) is 12.0 Å². The monoisotopic (exact) mass is 356 g/mol. The number of halogens is 1. The van der Waals surface area contributed by atoms with Crippen LogP contribution >= 0.6 is 22.9 Å². The number of carbonyl (C=O) groups is 1. The third-order valence-electron chi connectivity index (χ3n) is 3.59. The van der Waals surface area contributed by atoms with Gasteiger partial charge in [0.2, 0.25) is 5.91 Å². The van der Waals surface area contributed by atoms with E-state index in [1.54, 1.807) is 11.3 Å². The Kier molecular flexibility index (Phi) is 5.62. The molecule has 0 aliphatic heterocycles. The standard InChI is InChI=1S/C19H17ClN2OS/c20-11-10-18(23)21-12-14-6-8-16(9-7-14)19-22-17(13-24-19)15-4-2-1-3-5-15/h1-9,13H,10-12H2,(H,21,23). The Balaban J connectivity index is 1.68. The minimum Gasteiger partial charge on any atom is -0.352 e. The van der Waals surface area contributed by atoms with E-state index in [2.05, 4.69) is 22.8 Å². The lowest BCUT2D eigenvalue weighted by molar-refractivity contribution is -0.120. The van der Waals surface area contributed by atoms with Crippen LogP contribution in [-0.2, 0) is 11.3 Å². The van der Waals surface area contributed by atoms with Gasteiger partial charge in [-0.25, -0.2) is 4.98 Å². The van der Waals surface area contributed by atoms with E-state index < -0.39 is 0 Å². The number of thiazole rings is 1. The molecule has 0 atom stereocenters. The Bertz CT molecular complexity index is 800. The van der Waals surface area contributed by atoms with Crippen molar-refractivity contribution >= 4 is 28.8 Å². The Morgan fingerprint density at radius 3 is 2.50 bits per heavy atom. The molecule has 0 spiro atoms. The lowest BCUT2D eigenvalue weighted by Crippen LogP contribution is -2.22. The van der Waals surface area contributed by atoms with Gasteiger partial charge in [0.05, 0.1) is 5.69 Å². The summed E-state index contributed by atoms with van der Waals surface area (Å²) >= 11 is 7.18. The SMILES string of the molecule is O=C(CCCl)NCc1ccc(-c2nc(-c3ccccc3)cs2)cc1. The van der Waals surface area contributed by atoms with Crippen molar-refractivity contribution in [2.75, 3.05) is 5.88 Å². The van der Waals surface area contributed by atoms with Crippen molar-refractivity contribution in [2.45, 2.75) is 13.0 Å². The van der Waals surface area contributed by atoms with Crippen LogP contribution in [0.5, 0.6) is 0 Å². The number of rotatable bonds is 6. The number of hydrogen-bond donors (Lipinski definition) is 1. The van der Waals surface area contributed by atoms with Crippen LogP contribution in [0.25, 0.3) is 21.8 Å². The van der Waals surface area contributed by atoms with E-state index in [1.165, 1.54) is 0 Å². The summed E-state index contributed by atoms with van der Waals surface area (Å²) in [4.78, 5) is 16.2. The second-order valence-electron chi connectivity index (χ2n) is 5.32. The molecule has 0 saturated heterocycles.